The second kappa shape index (κ2) is 6.26. The first-order valence-corrected chi connectivity index (χ1v) is 8.41. The van der Waals surface area contributed by atoms with Crippen LogP contribution in [0.15, 0.2) is 35.7 Å². The molecule has 2 aromatic rings. The van der Waals surface area contributed by atoms with Gasteiger partial charge in [0.2, 0.25) is 0 Å². The molecule has 1 unspecified atom stereocenters. The van der Waals surface area contributed by atoms with Crippen molar-refractivity contribution in [2.24, 2.45) is 0 Å². The van der Waals surface area contributed by atoms with Crippen LogP contribution in [0.2, 0.25) is 0 Å². The molecule has 1 aliphatic heterocycles. The van der Waals surface area contributed by atoms with E-state index in [0.29, 0.717) is 6.42 Å². The number of rotatable bonds is 4. The van der Waals surface area contributed by atoms with E-state index in [9.17, 15) is 5.11 Å². The molecule has 0 radical (unpaired) electrons. The third-order valence-electron chi connectivity index (χ3n) is 4.06. The minimum Gasteiger partial charge on any atom is -0.388 e. The van der Waals surface area contributed by atoms with E-state index in [2.05, 4.69) is 39.5 Å². The molecule has 1 N–H and O–H groups in total. The molecule has 0 amide bonds. The Balaban J connectivity index is 1.64. The smallest absolute Gasteiger partial charge is 0.0897 e. The van der Waals surface area contributed by atoms with Crippen LogP contribution in [0.5, 0.6) is 0 Å². The van der Waals surface area contributed by atoms with Crippen molar-refractivity contribution < 1.29 is 5.11 Å². The highest BCUT2D eigenvalue weighted by Gasteiger charge is 2.33. The first-order chi connectivity index (χ1) is 10.1. The second-order valence-electron chi connectivity index (χ2n) is 6.06. The maximum absolute atomic E-state index is 10.9. The monoisotopic (exact) mass is 302 g/mol. The number of aryl methyl sites for hydroxylation is 1. The predicted octanol–water partition coefficient (Wildman–Crippen LogP) is 3.02. The van der Waals surface area contributed by atoms with Gasteiger partial charge in [-0.2, -0.15) is 0 Å². The molecule has 112 valence electrons. The number of aromatic nitrogens is 1. The molecule has 3 nitrogen and oxygen atoms in total. The van der Waals surface area contributed by atoms with Crippen molar-refractivity contribution in [2.45, 2.75) is 38.3 Å². The number of piperidine rings is 1. The van der Waals surface area contributed by atoms with Gasteiger partial charge in [-0.1, -0.05) is 30.3 Å². The molecule has 1 aliphatic rings. The van der Waals surface area contributed by atoms with E-state index in [1.165, 1.54) is 5.56 Å². The Morgan fingerprint density at radius 2 is 2.14 bits per heavy atom. The first kappa shape index (κ1) is 14.7. The van der Waals surface area contributed by atoms with Crippen molar-refractivity contribution in [3.05, 3.63) is 52.0 Å². The summed E-state index contributed by atoms with van der Waals surface area (Å²) in [7, 11) is 0. The van der Waals surface area contributed by atoms with Gasteiger partial charge in [-0.25, -0.2) is 4.98 Å². The molecule has 3 rings (SSSR count). The zero-order chi connectivity index (χ0) is 14.7. The molecule has 1 atom stereocenters. The number of hydrogen-bond donors (Lipinski definition) is 1. The fourth-order valence-electron chi connectivity index (χ4n) is 3.15. The molecule has 0 aliphatic carbocycles. The van der Waals surface area contributed by atoms with E-state index in [0.717, 1.165) is 43.2 Å². The van der Waals surface area contributed by atoms with Gasteiger partial charge in [0.15, 0.2) is 0 Å². The van der Waals surface area contributed by atoms with Crippen LogP contribution < -0.4 is 0 Å². The third kappa shape index (κ3) is 3.90. The number of β-amino-alcohol motifs (C(OH)–C–C–N with tert-alkyl or cyclic N) is 1. The Morgan fingerprint density at radius 3 is 2.86 bits per heavy atom. The Morgan fingerprint density at radius 1 is 1.33 bits per heavy atom. The normalized spacial score (nSPS) is 23.3. The minimum atomic E-state index is -0.631. The lowest BCUT2D eigenvalue weighted by Crippen LogP contribution is -2.49. The summed E-state index contributed by atoms with van der Waals surface area (Å²) in [5.41, 5.74) is 1.71. The predicted molar refractivity (Wildman–Crippen MR) is 86.5 cm³/mol. The van der Waals surface area contributed by atoms with Crippen molar-refractivity contribution >= 4 is 11.3 Å². The number of benzene rings is 1. The van der Waals surface area contributed by atoms with Crippen LogP contribution in [-0.2, 0) is 13.0 Å². The van der Waals surface area contributed by atoms with E-state index in [1.54, 1.807) is 11.3 Å². The summed E-state index contributed by atoms with van der Waals surface area (Å²) in [6.07, 6.45) is 2.59. The molecule has 2 heterocycles. The SMILES string of the molecule is Cc1nc(CC2(O)CCCN(Cc3ccccc3)C2)cs1. The van der Waals surface area contributed by atoms with Gasteiger partial charge in [-0.3, -0.25) is 4.90 Å². The van der Waals surface area contributed by atoms with Crippen LogP contribution in [0.3, 0.4) is 0 Å². The highest BCUT2D eigenvalue weighted by Crippen LogP contribution is 2.26. The van der Waals surface area contributed by atoms with Crippen molar-refractivity contribution in [1.29, 1.82) is 0 Å². The largest absolute Gasteiger partial charge is 0.388 e. The van der Waals surface area contributed by atoms with Gasteiger partial charge >= 0.3 is 0 Å². The van der Waals surface area contributed by atoms with E-state index in [-0.39, 0.29) is 0 Å². The summed E-state index contributed by atoms with van der Waals surface area (Å²) in [6.45, 7) is 4.73. The van der Waals surface area contributed by atoms with Crippen LogP contribution in [0, 0.1) is 6.92 Å². The van der Waals surface area contributed by atoms with Crippen LogP contribution in [0.4, 0.5) is 0 Å². The Kier molecular flexibility index (Phi) is 4.38. The van der Waals surface area contributed by atoms with Gasteiger partial charge in [-0.15, -0.1) is 11.3 Å². The quantitative estimate of drug-likeness (QED) is 0.943. The molecule has 4 heteroatoms. The van der Waals surface area contributed by atoms with E-state index in [1.807, 2.05) is 13.0 Å². The highest BCUT2D eigenvalue weighted by atomic mass is 32.1. The van der Waals surface area contributed by atoms with E-state index >= 15 is 0 Å². The summed E-state index contributed by atoms with van der Waals surface area (Å²) in [5, 5.41) is 14.1. The zero-order valence-corrected chi connectivity index (χ0v) is 13.3. The van der Waals surface area contributed by atoms with Crippen molar-refractivity contribution in [1.82, 2.24) is 9.88 Å². The average Bonchev–Trinajstić information content (AvgIpc) is 2.84. The molecule has 1 aromatic carbocycles. The lowest BCUT2D eigenvalue weighted by molar-refractivity contribution is -0.0332. The van der Waals surface area contributed by atoms with Crippen LogP contribution in [0.25, 0.3) is 0 Å². The van der Waals surface area contributed by atoms with Gasteiger partial charge in [0, 0.05) is 24.9 Å². The molecule has 1 aromatic heterocycles. The molecular weight excluding hydrogens is 280 g/mol. The van der Waals surface area contributed by atoms with E-state index in [4.69, 9.17) is 0 Å². The number of likely N-dealkylation sites (tertiary alicyclic amines) is 1. The Labute approximate surface area is 130 Å². The van der Waals surface area contributed by atoms with Gasteiger partial charge in [-0.05, 0) is 31.9 Å². The standard InChI is InChI=1S/C17H22N2OS/c1-14-18-16(12-21-14)10-17(20)8-5-9-19(13-17)11-15-6-3-2-4-7-15/h2-4,6-7,12,20H,5,8-11,13H2,1H3. The van der Waals surface area contributed by atoms with Crippen molar-refractivity contribution in [3.63, 3.8) is 0 Å². The molecule has 0 spiro atoms. The maximum Gasteiger partial charge on any atom is 0.0897 e. The Hall–Kier alpha value is -1.23. The maximum atomic E-state index is 10.9. The number of aliphatic hydroxyl groups is 1. The van der Waals surface area contributed by atoms with Crippen molar-refractivity contribution in [2.75, 3.05) is 13.1 Å². The van der Waals surface area contributed by atoms with Gasteiger partial charge in [0.05, 0.1) is 16.3 Å². The van der Waals surface area contributed by atoms with Crippen LogP contribution >= 0.6 is 11.3 Å². The highest BCUT2D eigenvalue weighted by molar-refractivity contribution is 7.09. The fourth-order valence-corrected chi connectivity index (χ4v) is 3.77. The van der Waals surface area contributed by atoms with Crippen LogP contribution in [0.1, 0.15) is 29.1 Å². The topological polar surface area (TPSA) is 36.4 Å². The summed E-state index contributed by atoms with van der Waals surface area (Å²) >= 11 is 1.66. The molecule has 0 saturated carbocycles. The number of nitrogens with zero attached hydrogens (tertiary/aromatic N) is 2. The summed E-state index contributed by atoms with van der Waals surface area (Å²) in [5.74, 6) is 0. The lowest BCUT2D eigenvalue weighted by atomic mass is 9.88. The summed E-state index contributed by atoms with van der Waals surface area (Å²) in [6, 6.07) is 10.5. The molecule has 1 saturated heterocycles. The molecule has 0 bridgehead atoms. The third-order valence-corrected chi connectivity index (χ3v) is 4.88. The minimum absolute atomic E-state index is 0.631. The molecule has 1 fully saturated rings. The van der Waals surface area contributed by atoms with Crippen molar-refractivity contribution in [3.8, 4) is 0 Å². The molecule has 21 heavy (non-hydrogen) atoms. The second-order valence-corrected chi connectivity index (χ2v) is 7.12. The first-order valence-electron chi connectivity index (χ1n) is 7.53. The number of hydrogen-bond acceptors (Lipinski definition) is 4. The van der Waals surface area contributed by atoms with Gasteiger partial charge in [0.25, 0.3) is 0 Å². The van der Waals surface area contributed by atoms with E-state index < -0.39 is 5.60 Å². The summed E-state index contributed by atoms with van der Waals surface area (Å²) in [4.78, 5) is 6.86. The number of thiazole rings is 1. The zero-order valence-electron chi connectivity index (χ0n) is 12.5. The molecular formula is C17H22N2OS. The average molecular weight is 302 g/mol. The lowest BCUT2D eigenvalue weighted by Gasteiger charge is -2.39. The van der Waals surface area contributed by atoms with Gasteiger partial charge in [0.1, 0.15) is 0 Å². The van der Waals surface area contributed by atoms with Crippen LogP contribution in [-0.4, -0.2) is 33.7 Å². The van der Waals surface area contributed by atoms with Gasteiger partial charge < -0.3 is 5.11 Å². The Bertz CT molecular complexity index is 583. The summed E-state index contributed by atoms with van der Waals surface area (Å²) < 4.78 is 0. The fraction of sp³-hybridized carbons (Fsp3) is 0.471.